The first-order chi connectivity index (χ1) is 22.9. The van der Waals surface area contributed by atoms with Crippen LogP contribution in [0.5, 0.6) is 0 Å². The number of hydrogen-bond acceptors (Lipinski definition) is 5. The third-order valence-corrected chi connectivity index (χ3v) is 11.5. The van der Waals surface area contributed by atoms with Crippen LogP contribution in [-0.4, -0.2) is 71.6 Å². The summed E-state index contributed by atoms with van der Waals surface area (Å²) >= 11 is 0. The Kier molecular flexibility index (Phi) is 8.52. The number of sulfonamides is 1. The van der Waals surface area contributed by atoms with Crippen LogP contribution in [0.25, 0.3) is 11.0 Å². The lowest BCUT2D eigenvalue weighted by Gasteiger charge is -2.45. The standard InChI is InChI=1S/C36H40F3N5O3S/c1-23-40-30-8-3-4-9-32(30)44(23)28-21-26-10-11-27(22-28)43(26)19-16-36(24-6-5-7-25(37)20-24)14-17-42(18-15-36)35(45)33-29(38)12-13-31(34(33)39)41-48(2,46)47/h3-9,12-13,20,26-28,41H,10-11,14-19,21-22H2,1-2H3/t26-,27+,28?. The Bertz CT molecular complexity index is 1960. The first kappa shape index (κ1) is 32.6. The number of imidazole rings is 1. The zero-order valence-electron chi connectivity index (χ0n) is 27.1. The van der Waals surface area contributed by atoms with Gasteiger partial charge < -0.3 is 9.47 Å². The molecule has 8 nitrogen and oxygen atoms in total. The molecule has 0 spiro atoms. The monoisotopic (exact) mass is 679 g/mol. The van der Waals surface area contributed by atoms with Crippen LogP contribution in [0.4, 0.5) is 18.9 Å². The molecule has 1 amide bonds. The lowest BCUT2D eigenvalue weighted by Crippen LogP contribution is -2.49. The van der Waals surface area contributed by atoms with Crippen molar-refractivity contribution in [2.75, 3.05) is 30.6 Å². The Morgan fingerprint density at radius 2 is 1.67 bits per heavy atom. The molecule has 1 N–H and O–H groups in total. The molecule has 4 heterocycles. The van der Waals surface area contributed by atoms with Gasteiger partial charge in [0.05, 0.1) is 23.0 Å². The van der Waals surface area contributed by atoms with Crippen LogP contribution < -0.4 is 4.72 Å². The summed E-state index contributed by atoms with van der Waals surface area (Å²) in [6, 6.07) is 18.0. The lowest BCUT2D eigenvalue weighted by molar-refractivity contribution is 0.0598. The first-order valence-corrected chi connectivity index (χ1v) is 18.5. The van der Waals surface area contributed by atoms with Gasteiger partial charge in [0.1, 0.15) is 23.0 Å². The van der Waals surface area contributed by atoms with Crippen molar-refractivity contribution in [2.24, 2.45) is 0 Å². The third-order valence-electron chi connectivity index (χ3n) is 10.9. The molecule has 254 valence electrons. The number of amides is 1. The van der Waals surface area contributed by atoms with Crippen molar-refractivity contribution in [2.45, 2.75) is 75.4 Å². The van der Waals surface area contributed by atoms with Crippen molar-refractivity contribution in [1.29, 1.82) is 0 Å². The van der Waals surface area contributed by atoms with E-state index in [9.17, 15) is 22.0 Å². The Morgan fingerprint density at radius 1 is 0.958 bits per heavy atom. The zero-order valence-corrected chi connectivity index (χ0v) is 27.9. The van der Waals surface area contributed by atoms with Gasteiger partial charge in [0, 0.05) is 31.2 Å². The quantitative estimate of drug-likeness (QED) is 0.228. The molecule has 2 bridgehead atoms. The van der Waals surface area contributed by atoms with E-state index in [0.717, 1.165) is 73.9 Å². The number of piperidine rings is 2. The minimum Gasteiger partial charge on any atom is -0.338 e. The van der Waals surface area contributed by atoms with Gasteiger partial charge in [-0.05, 0) is 106 Å². The minimum atomic E-state index is -3.85. The number of aryl methyl sites for hydroxylation is 1. The van der Waals surface area contributed by atoms with Gasteiger partial charge in [-0.15, -0.1) is 0 Å². The van der Waals surface area contributed by atoms with E-state index in [2.05, 4.69) is 34.6 Å². The predicted octanol–water partition coefficient (Wildman–Crippen LogP) is 6.57. The average Bonchev–Trinajstić information content (AvgIpc) is 3.51. The normalized spacial score (nSPS) is 22.7. The molecule has 48 heavy (non-hydrogen) atoms. The average molecular weight is 680 g/mol. The topological polar surface area (TPSA) is 87.5 Å². The van der Waals surface area contributed by atoms with Crippen molar-refractivity contribution >= 4 is 32.7 Å². The molecule has 0 radical (unpaired) electrons. The van der Waals surface area contributed by atoms with Crippen LogP contribution in [0.3, 0.4) is 0 Å². The number of benzene rings is 3. The molecular formula is C36H40F3N5O3S. The number of fused-ring (bicyclic) bond motifs is 3. The SMILES string of the molecule is Cc1nc2ccccc2n1C1C[C@H]2CC[C@@H](C1)N2CCC1(c2cccc(F)c2)CCN(C(=O)c2c(F)ccc(NS(C)(=O)=O)c2F)CC1. The number of halogens is 3. The number of carbonyl (C=O) groups is 1. The Labute approximate surface area is 279 Å². The van der Waals surface area contributed by atoms with Gasteiger partial charge >= 0.3 is 0 Å². The van der Waals surface area contributed by atoms with Crippen LogP contribution in [-0.2, 0) is 15.4 Å². The molecule has 0 aliphatic carbocycles. The maximum atomic E-state index is 15.3. The van der Waals surface area contributed by atoms with E-state index in [4.69, 9.17) is 4.98 Å². The highest BCUT2D eigenvalue weighted by atomic mass is 32.2. The summed E-state index contributed by atoms with van der Waals surface area (Å²) in [5.41, 5.74) is 1.37. The van der Waals surface area contributed by atoms with Gasteiger partial charge in [0.15, 0.2) is 5.82 Å². The van der Waals surface area contributed by atoms with Gasteiger partial charge in [-0.25, -0.2) is 26.6 Å². The second kappa shape index (κ2) is 12.5. The van der Waals surface area contributed by atoms with Crippen molar-refractivity contribution in [1.82, 2.24) is 19.4 Å². The van der Waals surface area contributed by atoms with Gasteiger partial charge in [-0.2, -0.15) is 0 Å². The summed E-state index contributed by atoms with van der Waals surface area (Å²) in [5.74, 6) is -2.43. The highest BCUT2D eigenvalue weighted by Crippen LogP contribution is 2.45. The van der Waals surface area contributed by atoms with Crippen LogP contribution in [0.15, 0.2) is 60.7 Å². The molecule has 0 saturated carbocycles. The summed E-state index contributed by atoms with van der Waals surface area (Å²) in [6.45, 7) is 3.36. The molecule has 3 aliphatic rings. The second-order valence-corrected chi connectivity index (χ2v) is 15.5. The first-order valence-electron chi connectivity index (χ1n) is 16.6. The summed E-state index contributed by atoms with van der Waals surface area (Å²) in [7, 11) is -3.85. The van der Waals surface area contributed by atoms with Crippen LogP contribution in [0.1, 0.15) is 72.7 Å². The number of carbonyl (C=O) groups excluding carboxylic acids is 1. The van der Waals surface area contributed by atoms with Gasteiger partial charge in [-0.3, -0.25) is 14.4 Å². The molecule has 3 aromatic carbocycles. The van der Waals surface area contributed by atoms with Crippen molar-refractivity contribution < 1.29 is 26.4 Å². The molecular weight excluding hydrogens is 639 g/mol. The fourth-order valence-electron chi connectivity index (χ4n) is 8.61. The number of hydrogen-bond donors (Lipinski definition) is 1. The highest BCUT2D eigenvalue weighted by Gasteiger charge is 2.44. The van der Waals surface area contributed by atoms with Crippen LogP contribution in [0.2, 0.25) is 0 Å². The summed E-state index contributed by atoms with van der Waals surface area (Å²) in [4.78, 5) is 22.3. The summed E-state index contributed by atoms with van der Waals surface area (Å²) in [6.07, 6.45) is 6.95. The Balaban J connectivity index is 1.08. The molecule has 3 atom stereocenters. The highest BCUT2D eigenvalue weighted by molar-refractivity contribution is 7.92. The van der Waals surface area contributed by atoms with E-state index in [1.807, 2.05) is 16.9 Å². The van der Waals surface area contributed by atoms with Crippen LogP contribution >= 0.6 is 0 Å². The van der Waals surface area contributed by atoms with E-state index in [-0.39, 0.29) is 18.9 Å². The number of nitrogens with one attached hydrogen (secondary N) is 1. The maximum Gasteiger partial charge on any atom is 0.259 e. The van der Waals surface area contributed by atoms with E-state index in [1.54, 1.807) is 12.1 Å². The Morgan fingerprint density at radius 3 is 2.35 bits per heavy atom. The molecule has 1 aromatic heterocycles. The maximum absolute atomic E-state index is 15.3. The number of anilines is 1. The largest absolute Gasteiger partial charge is 0.338 e. The smallest absolute Gasteiger partial charge is 0.259 e. The number of likely N-dealkylation sites (tertiary alicyclic amines) is 1. The third kappa shape index (κ3) is 6.09. The molecule has 12 heteroatoms. The second-order valence-electron chi connectivity index (χ2n) is 13.8. The van der Waals surface area contributed by atoms with Gasteiger partial charge in [0.2, 0.25) is 10.0 Å². The molecule has 1 unspecified atom stereocenters. The van der Waals surface area contributed by atoms with E-state index >= 15 is 4.39 Å². The number of aromatic nitrogens is 2. The van der Waals surface area contributed by atoms with E-state index < -0.39 is 44.2 Å². The molecule has 4 aromatic rings. The number of nitrogens with zero attached hydrogens (tertiary/aromatic N) is 4. The van der Waals surface area contributed by atoms with Crippen molar-refractivity contribution in [3.8, 4) is 0 Å². The number of para-hydroxylation sites is 2. The summed E-state index contributed by atoms with van der Waals surface area (Å²) < 4.78 is 72.5. The van der Waals surface area contributed by atoms with E-state index in [1.165, 1.54) is 16.5 Å². The van der Waals surface area contributed by atoms with Gasteiger partial charge in [-0.1, -0.05) is 24.3 Å². The summed E-state index contributed by atoms with van der Waals surface area (Å²) in [5, 5.41) is 0. The van der Waals surface area contributed by atoms with Crippen molar-refractivity contribution in [3.05, 3.63) is 95.1 Å². The van der Waals surface area contributed by atoms with E-state index in [0.29, 0.717) is 31.0 Å². The predicted molar refractivity (Wildman–Crippen MR) is 179 cm³/mol. The molecule has 3 fully saturated rings. The van der Waals surface area contributed by atoms with Crippen molar-refractivity contribution in [3.63, 3.8) is 0 Å². The molecule has 7 rings (SSSR count). The molecule has 3 aliphatic heterocycles. The van der Waals surface area contributed by atoms with Gasteiger partial charge in [0.25, 0.3) is 5.91 Å². The minimum absolute atomic E-state index is 0.222. The fraction of sp³-hybridized carbons (Fsp3) is 0.444. The lowest BCUT2D eigenvalue weighted by atomic mass is 9.70. The number of rotatable bonds is 8. The zero-order chi connectivity index (χ0) is 33.8. The van der Waals surface area contributed by atoms with Crippen LogP contribution in [0, 0.1) is 24.4 Å². The fourth-order valence-corrected chi connectivity index (χ4v) is 9.17. The molecule has 3 saturated heterocycles. The Hall–Kier alpha value is -3.90.